The normalized spacial score (nSPS) is 19.1. The lowest BCUT2D eigenvalue weighted by Gasteiger charge is -2.39. The molecule has 0 spiro atoms. The van der Waals surface area contributed by atoms with Crippen LogP contribution in [0.1, 0.15) is 24.8 Å². The molecule has 0 bridgehead atoms. The maximum absolute atomic E-state index is 6.35. The summed E-state index contributed by atoms with van der Waals surface area (Å²) in [5.74, 6) is 0. The number of hydrogen-bond acceptors (Lipinski definition) is 1. The van der Waals surface area contributed by atoms with Crippen molar-refractivity contribution in [2.24, 2.45) is 5.73 Å². The number of nitrogens with two attached hydrogens (primary N) is 1. The summed E-state index contributed by atoms with van der Waals surface area (Å²) in [6, 6.07) is 6.17. The van der Waals surface area contributed by atoms with E-state index >= 15 is 0 Å². The van der Waals surface area contributed by atoms with Gasteiger partial charge < -0.3 is 10.7 Å². The van der Waals surface area contributed by atoms with Gasteiger partial charge in [0.05, 0.1) is 5.02 Å². The molecule has 2 aromatic rings. The molecule has 2 nitrogen and oxygen atoms in total. The summed E-state index contributed by atoms with van der Waals surface area (Å²) in [5, 5.41) is 1.87. The highest BCUT2D eigenvalue weighted by Gasteiger charge is 2.36. The topological polar surface area (TPSA) is 41.8 Å². The van der Waals surface area contributed by atoms with Crippen LogP contribution in [-0.2, 0) is 5.54 Å². The minimum Gasteiger partial charge on any atom is -0.360 e. The summed E-state index contributed by atoms with van der Waals surface area (Å²) in [6.45, 7) is 0. The molecule has 3 heteroatoms. The van der Waals surface area contributed by atoms with Crippen molar-refractivity contribution in [3.05, 3.63) is 35.0 Å². The molecule has 0 atom stereocenters. The van der Waals surface area contributed by atoms with Crippen molar-refractivity contribution >= 4 is 22.5 Å². The monoisotopic (exact) mass is 220 g/mol. The molecule has 15 heavy (non-hydrogen) atoms. The summed E-state index contributed by atoms with van der Waals surface area (Å²) in [4.78, 5) is 3.16. The van der Waals surface area contributed by atoms with Gasteiger partial charge in [-0.25, -0.2) is 0 Å². The predicted molar refractivity (Wildman–Crippen MR) is 63.0 cm³/mol. The largest absolute Gasteiger partial charge is 0.360 e. The standard InChI is InChI=1S/C12H13ClN2/c13-9-7-15-10-4-1-3-8(11(9)10)12(14)5-2-6-12/h1,3-4,7,15H,2,5-6,14H2. The van der Waals surface area contributed by atoms with Crippen LogP contribution in [0.5, 0.6) is 0 Å². The molecule has 78 valence electrons. The zero-order valence-corrected chi connectivity index (χ0v) is 9.14. The molecule has 1 aliphatic rings. The van der Waals surface area contributed by atoms with Crippen molar-refractivity contribution in [3.63, 3.8) is 0 Å². The van der Waals surface area contributed by atoms with Gasteiger partial charge in [0.2, 0.25) is 0 Å². The number of aromatic nitrogens is 1. The molecule has 3 rings (SSSR count). The van der Waals surface area contributed by atoms with E-state index in [1.54, 1.807) is 0 Å². The number of benzene rings is 1. The third-order valence-corrected chi connectivity index (χ3v) is 3.74. The van der Waals surface area contributed by atoms with Crippen LogP contribution < -0.4 is 5.73 Å². The summed E-state index contributed by atoms with van der Waals surface area (Å²) < 4.78 is 0. The van der Waals surface area contributed by atoms with Crippen LogP contribution >= 0.6 is 11.6 Å². The van der Waals surface area contributed by atoms with Crippen LogP contribution in [0, 0.1) is 0 Å². The molecule has 1 fully saturated rings. The summed E-state index contributed by atoms with van der Waals surface area (Å²) in [7, 11) is 0. The SMILES string of the molecule is NC1(c2cccc3[nH]cc(Cl)c23)CCC1. The molecule has 0 aliphatic heterocycles. The van der Waals surface area contributed by atoms with E-state index in [1.807, 2.05) is 18.3 Å². The van der Waals surface area contributed by atoms with Gasteiger partial charge in [-0.05, 0) is 30.9 Å². The van der Waals surface area contributed by atoms with Crippen LogP contribution in [0.2, 0.25) is 5.02 Å². The van der Waals surface area contributed by atoms with Gasteiger partial charge in [-0.1, -0.05) is 23.7 Å². The maximum atomic E-state index is 6.35. The Hall–Kier alpha value is -0.990. The second kappa shape index (κ2) is 3.00. The summed E-state index contributed by atoms with van der Waals surface area (Å²) >= 11 is 6.18. The average Bonchev–Trinajstić information content (AvgIpc) is 2.57. The molecule has 1 heterocycles. The van der Waals surface area contributed by atoms with Gasteiger partial charge in [-0.3, -0.25) is 0 Å². The molecule has 1 aromatic carbocycles. The van der Waals surface area contributed by atoms with Gasteiger partial charge in [-0.15, -0.1) is 0 Å². The third kappa shape index (κ3) is 1.22. The van der Waals surface area contributed by atoms with E-state index in [4.69, 9.17) is 17.3 Å². The second-order valence-electron chi connectivity index (χ2n) is 4.37. The molecule has 0 radical (unpaired) electrons. The van der Waals surface area contributed by atoms with Crippen molar-refractivity contribution in [1.29, 1.82) is 0 Å². The zero-order chi connectivity index (χ0) is 10.5. The van der Waals surface area contributed by atoms with Crippen LogP contribution in [0.25, 0.3) is 10.9 Å². The number of halogens is 1. The number of nitrogens with one attached hydrogen (secondary N) is 1. The third-order valence-electron chi connectivity index (χ3n) is 3.44. The van der Waals surface area contributed by atoms with Crippen LogP contribution in [0.4, 0.5) is 0 Å². The first-order valence-corrected chi connectivity index (χ1v) is 5.63. The number of hydrogen-bond donors (Lipinski definition) is 2. The van der Waals surface area contributed by atoms with E-state index < -0.39 is 0 Å². The van der Waals surface area contributed by atoms with Crippen LogP contribution in [-0.4, -0.2) is 4.98 Å². The van der Waals surface area contributed by atoms with Crippen molar-refractivity contribution in [2.75, 3.05) is 0 Å². The second-order valence-corrected chi connectivity index (χ2v) is 4.78. The fraction of sp³-hybridized carbons (Fsp3) is 0.333. The van der Waals surface area contributed by atoms with Crippen molar-refractivity contribution in [3.8, 4) is 0 Å². The van der Waals surface area contributed by atoms with E-state index in [0.29, 0.717) is 0 Å². The highest BCUT2D eigenvalue weighted by atomic mass is 35.5. The molecule has 1 saturated carbocycles. The smallest absolute Gasteiger partial charge is 0.0662 e. The molecule has 3 N–H and O–H groups in total. The Labute approximate surface area is 93.4 Å². The fourth-order valence-corrected chi connectivity index (χ4v) is 2.64. The molecule has 1 aliphatic carbocycles. The van der Waals surface area contributed by atoms with Gasteiger partial charge >= 0.3 is 0 Å². The lowest BCUT2D eigenvalue weighted by molar-refractivity contribution is 0.256. The number of H-pyrrole nitrogens is 1. The van der Waals surface area contributed by atoms with Gasteiger partial charge in [0.15, 0.2) is 0 Å². The van der Waals surface area contributed by atoms with E-state index in [0.717, 1.165) is 28.8 Å². The van der Waals surface area contributed by atoms with E-state index in [9.17, 15) is 0 Å². The quantitative estimate of drug-likeness (QED) is 0.762. The van der Waals surface area contributed by atoms with Crippen molar-refractivity contribution in [1.82, 2.24) is 4.98 Å². The van der Waals surface area contributed by atoms with Gasteiger partial charge in [-0.2, -0.15) is 0 Å². The van der Waals surface area contributed by atoms with Crippen molar-refractivity contribution in [2.45, 2.75) is 24.8 Å². The van der Waals surface area contributed by atoms with Gasteiger partial charge in [0.1, 0.15) is 0 Å². The first-order valence-electron chi connectivity index (χ1n) is 5.26. The molecular weight excluding hydrogens is 208 g/mol. The fourth-order valence-electron chi connectivity index (χ4n) is 2.39. The predicted octanol–water partition coefficient (Wildman–Crippen LogP) is 3.16. The Balaban J connectivity index is 2.29. The summed E-state index contributed by atoms with van der Waals surface area (Å²) in [6.07, 6.45) is 5.17. The minimum absolute atomic E-state index is 0.147. The Morgan fingerprint density at radius 2 is 2.13 bits per heavy atom. The molecular formula is C12H13ClN2. The van der Waals surface area contributed by atoms with Crippen LogP contribution in [0.15, 0.2) is 24.4 Å². The zero-order valence-electron chi connectivity index (χ0n) is 8.39. The van der Waals surface area contributed by atoms with Crippen molar-refractivity contribution < 1.29 is 0 Å². The average molecular weight is 221 g/mol. The first kappa shape index (κ1) is 9.25. The minimum atomic E-state index is -0.147. The Morgan fingerprint density at radius 1 is 1.33 bits per heavy atom. The molecule has 0 unspecified atom stereocenters. The number of rotatable bonds is 1. The first-order chi connectivity index (χ1) is 7.21. The molecule has 1 aromatic heterocycles. The van der Waals surface area contributed by atoms with Crippen LogP contribution in [0.3, 0.4) is 0 Å². The Bertz CT molecular complexity index is 511. The highest BCUT2D eigenvalue weighted by Crippen LogP contribution is 2.43. The lowest BCUT2D eigenvalue weighted by atomic mass is 9.72. The highest BCUT2D eigenvalue weighted by molar-refractivity contribution is 6.35. The number of fused-ring (bicyclic) bond motifs is 1. The maximum Gasteiger partial charge on any atom is 0.0662 e. The lowest BCUT2D eigenvalue weighted by Crippen LogP contribution is -2.43. The van der Waals surface area contributed by atoms with E-state index in [2.05, 4.69) is 11.1 Å². The molecule has 0 amide bonds. The van der Waals surface area contributed by atoms with E-state index in [-0.39, 0.29) is 5.54 Å². The summed E-state index contributed by atoms with van der Waals surface area (Å²) in [5.41, 5.74) is 8.47. The van der Waals surface area contributed by atoms with Gasteiger partial charge in [0, 0.05) is 22.6 Å². The van der Waals surface area contributed by atoms with Gasteiger partial charge in [0.25, 0.3) is 0 Å². The Morgan fingerprint density at radius 3 is 2.80 bits per heavy atom. The van der Waals surface area contributed by atoms with E-state index in [1.165, 1.54) is 12.0 Å². The number of aromatic amines is 1. The molecule has 0 saturated heterocycles. The Kier molecular flexibility index (Phi) is 1.85.